The van der Waals surface area contributed by atoms with E-state index >= 15 is 0 Å². The van der Waals surface area contributed by atoms with Gasteiger partial charge in [0, 0.05) is 5.41 Å². The number of hydrogen-bond donors (Lipinski definition) is 3. The number of carbonyl (C=O) groups excluding carboxylic acids is 1. The van der Waals surface area contributed by atoms with Gasteiger partial charge in [0.1, 0.15) is 0 Å². The van der Waals surface area contributed by atoms with Gasteiger partial charge in [0.05, 0.1) is 12.6 Å². The maximum Gasteiger partial charge on any atom is 0.226 e. The fourth-order valence-electron chi connectivity index (χ4n) is 1.97. The van der Waals surface area contributed by atoms with E-state index in [1.807, 2.05) is 20.8 Å². The first-order valence-electron chi connectivity index (χ1n) is 6.12. The first kappa shape index (κ1) is 13.5. The van der Waals surface area contributed by atoms with Crippen molar-refractivity contribution in [2.45, 2.75) is 39.7 Å². The van der Waals surface area contributed by atoms with Crippen LogP contribution >= 0.6 is 0 Å². The number of aliphatic hydroxyl groups excluding tert-OH is 1. The van der Waals surface area contributed by atoms with Crippen LogP contribution in [-0.2, 0) is 4.79 Å². The number of amides is 1. The molecular formula is C12H24N2O2. The van der Waals surface area contributed by atoms with E-state index < -0.39 is 0 Å². The lowest BCUT2D eigenvalue weighted by atomic mass is 9.80. The average Bonchev–Trinajstić information content (AvgIpc) is 2.26. The van der Waals surface area contributed by atoms with Crippen molar-refractivity contribution in [1.82, 2.24) is 10.6 Å². The third kappa shape index (κ3) is 3.19. The molecule has 0 aliphatic carbocycles. The summed E-state index contributed by atoms with van der Waals surface area (Å²) in [4.78, 5) is 12.1. The molecule has 1 atom stereocenters. The van der Waals surface area contributed by atoms with Gasteiger partial charge in [0.15, 0.2) is 0 Å². The molecule has 0 bridgehead atoms. The summed E-state index contributed by atoms with van der Waals surface area (Å²) in [6.45, 7) is 7.83. The van der Waals surface area contributed by atoms with Gasteiger partial charge in [-0.2, -0.15) is 0 Å². The van der Waals surface area contributed by atoms with E-state index in [1.54, 1.807) is 0 Å². The van der Waals surface area contributed by atoms with Crippen LogP contribution in [0.2, 0.25) is 0 Å². The van der Waals surface area contributed by atoms with Gasteiger partial charge < -0.3 is 15.7 Å². The highest BCUT2D eigenvalue weighted by Crippen LogP contribution is 2.28. The number of carbonyl (C=O) groups is 1. The van der Waals surface area contributed by atoms with Gasteiger partial charge in [0.25, 0.3) is 0 Å². The van der Waals surface area contributed by atoms with Gasteiger partial charge in [-0.25, -0.2) is 0 Å². The van der Waals surface area contributed by atoms with Gasteiger partial charge in [-0.1, -0.05) is 20.8 Å². The molecule has 16 heavy (non-hydrogen) atoms. The van der Waals surface area contributed by atoms with E-state index in [-0.39, 0.29) is 29.9 Å². The van der Waals surface area contributed by atoms with E-state index in [9.17, 15) is 9.90 Å². The number of aliphatic hydroxyl groups is 1. The Bertz CT molecular complexity index is 235. The molecular weight excluding hydrogens is 204 g/mol. The molecule has 4 nitrogen and oxygen atoms in total. The second-order valence-corrected chi connectivity index (χ2v) is 5.32. The normalized spacial score (nSPS) is 21.8. The molecule has 0 unspecified atom stereocenters. The maximum atomic E-state index is 12.1. The second-order valence-electron chi connectivity index (χ2n) is 5.32. The first-order valence-corrected chi connectivity index (χ1v) is 6.12. The molecule has 0 aromatic heterocycles. The SMILES string of the molecule is CC(C)[C@@H](CO)NC(=O)C1(C)CCNCC1. The molecule has 1 amide bonds. The molecule has 94 valence electrons. The van der Waals surface area contributed by atoms with Crippen molar-refractivity contribution in [3.05, 3.63) is 0 Å². The fourth-order valence-corrected chi connectivity index (χ4v) is 1.97. The van der Waals surface area contributed by atoms with Crippen molar-refractivity contribution in [2.75, 3.05) is 19.7 Å². The first-order chi connectivity index (χ1) is 7.49. The van der Waals surface area contributed by atoms with Crippen LogP contribution in [0.4, 0.5) is 0 Å². The van der Waals surface area contributed by atoms with Crippen LogP contribution in [0, 0.1) is 11.3 Å². The largest absolute Gasteiger partial charge is 0.394 e. The number of piperidine rings is 1. The molecule has 1 heterocycles. The van der Waals surface area contributed by atoms with Gasteiger partial charge in [-0.15, -0.1) is 0 Å². The minimum atomic E-state index is -0.270. The molecule has 4 heteroatoms. The number of hydrogen-bond acceptors (Lipinski definition) is 3. The topological polar surface area (TPSA) is 61.4 Å². The van der Waals surface area contributed by atoms with Crippen molar-refractivity contribution in [2.24, 2.45) is 11.3 Å². The molecule has 0 radical (unpaired) electrons. The summed E-state index contributed by atoms with van der Waals surface area (Å²) < 4.78 is 0. The molecule has 0 spiro atoms. The predicted octanol–water partition coefficient (Wildman–Crippen LogP) is 0.509. The Morgan fingerprint density at radius 1 is 1.44 bits per heavy atom. The van der Waals surface area contributed by atoms with Crippen LogP contribution < -0.4 is 10.6 Å². The second kappa shape index (κ2) is 5.64. The van der Waals surface area contributed by atoms with Crippen LogP contribution in [0.3, 0.4) is 0 Å². The Labute approximate surface area is 97.8 Å². The predicted molar refractivity (Wildman–Crippen MR) is 64.1 cm³/mol. The summed E-state index contributed by atoms with van der Waals surface area (Å²) in [6, 6.07) is -0.126. The minimum absolute atomic E-state index is 0.0116. The molecule has 1 saturated heterocycles. The molecule has 1 rings (SSSR count). The summed E-state index contributed by atoms with van der Waals surface area (Å²) in [5.41, 5.74) is -0.270. The van der Waals surface area contributed by atoms with Crippen molar-refractivity contribution in [3.8, 4) is 0 Å². The van der Waals surface area contributed by atoms with Gasteiger partial charge in [-0.3, -0.25) is 4.79 Å². The smallest absolute Gasteiger partial charge is 0.226 e. The van der Waals surface area contributed by atoms with E-state index in [0.717, 1.165) is 25.9 Å². The quantitative estimate of drug-likeness (QED) is 0.657. The Balaban J connectivity index is 2.55. The zero-order chi connectivity index (χ0) is 12.2. The van der Waals surface area contributed by atoms with Crippen LogP contribution in [0.25, 0.3) is 0 Å². The molecule has 0 aromatic carbocycles. The van der Waals surface area contributed by atoms with Crippen molar-refractivity contribution >= 4 is 5.91 Å². The summed E-state index contributed by atoms with van der Waals surface area (Å²) in [6.07, 6.45) is 1.74. The lowest BCUT2D eigenvalue weighted by Gasteiger charge is -2.34. The molecule has 1 fully saturated rings. The third-order valence-electron chi connectivity index (χ3n) is 3.57. The van der Waals surface area contributed by atoms with Crippen LogP contribution in [-0.4, -0.2) is 36.8 Å². The van der Waals surface area contributed by atoms with Crippen molar-refractivity contribution in [3.63, 3.8) is 0 Å². The van der Waals surface area contributed by atoms with E-state index in [4.69, 9.17) is 0 Å². The molecule has 0 saturated carbocycles. The zero-order valence-electron chi connectivity index (χ0n) is 10.5. The average molecular weight is 228 g/mol. The van der Waals surface area contributed by atoms with E-state index in [0.29, 0.717) is 0 Å². The van der Waals surface area contributed by atoms with Crippen LogP contribution in [0.1, 0.15) is 33.6 Å². The Morgan fingerprint density at radius 3 is 2.44 bits per heavy atom. The fraction of sp³-hybridized carbons (Fsp3) is 0.917. The van der Waals surface area contributed by atoms with Crippen LogP contribution in [0.5, 0.6) is 0 Å². The maximum absolute atomic E-state index is 12.1. The van der Waals surface area contributed by atoms with E-state index in [1.165, 1.54) is 0 Å². The lowest BCUT2D eigenvalue weighted by molar-refractivity contribution is -0.133. The summed E-state index contributed by atoms with van der Waals surface area (Å²) in [7, 11) is 0. The lowest BCUT2D eigenvalue weighted by Crippen LogP contribution is -2.51. The van der Waals surface area contributed by atoms with Gasteiger partial charge >= 0.3 is 0 Å². The van der Waals surface area contributed by atoms with Crippen molar-refractivity contribution < 1.29 is 9.90 Å². The third-order valence-corrected chi connectivity index (χ3v) is 3.57. The highest BCUT2D eigenvalue weighted by Gasteiger charge is 2.35. The monoisotopic (exact) mass is 228 g/mol. The number of rotatable bonds is 4. The van der Waals surface area contributed by atoms with Gasteiger partial charge in [0.2, 0.25) is 5.91 Å². The van der Waals surface area contributed by atoms with Gasteiger partial charge in [-0.05, 0) is 31.8 Å². The Kier molecular flexibility index (Phi) is 4.74. The van der Waals surface area contributed by atoms with Crippen molar-refractivity contribution in [1.29, 1.82) is 0 Å². The Morgan fingerprint density at radius 2 is 2.00 bits per heavy atom. The highest BCUT2D eigenvalue weighted by atomic mass is 16.3. The molecule has 0 aromatic rings. The number of nitrogens with one attached hydrogen (secondary N) is 2. The standard InChI is InChI=1S/C12H24N2O2/c1-9(2)10(8-15)14-11(16)12(3)4-6-13-7-5-12/h9-10,13,15H,4-8H2,1-3H3,(H,14,16)/t10-/m1/s1. The van der Waals surface area contributed by atoms with E-state index in [2.05, 4.69) is 10.6 Å². The summed E-state index contributed by atoms with van der Waals surface area (Å²) >= 11 is 0. The summed E-state index contributed by atoms with van der Waals surface area (Å²) in [5, 5.41) is 15.4. The molecule has 3 N–H and O–H groups in total. The highest BCUT2D eigenvalue weighted by molar-refractivity contribution is 5.82. The zero-order valence-corrected chi connectivity index (χ0v) is 10.5. The summed E-state index contributed by atoms with van der Waals surface area (Å²) in [5.74, 6) is 0.348. The molecule has 1 aliphatic heterocycles. The van der Waals surface area contributed by atoms with Crippen LogP contribution in [0.15, 0.2) is 0 Å². The minimum Gasteiger partial charge on any atom is -0.394 e. The Hall–Kier alpha value is -0.610. The molecule has 1 aliphatic rings.